The van der Waals surface area contributed by atoms with Crippen LogP contribution in [0.15, 0.2) is 30.5 Å². The number of ether oxygens (including phenoxy) is 1. The van der Waals surface area contributed by atoms with Crippen molar-refractivity contribution in [1.82, 2.24) is 9.97 Å². The van der Waals surface area contributed by atoms with Crippen molar-refractivity contribution in [1.29, 1.82) is 0 Å². The molecule has 0 atom stereocenters. The van der Waals surface area contributed by atoms with E-state index in [4.69, 9.17) is 4.74 Å². The minimum atomic E-state index is -0.324. The molecule has 0 aliphatic carbocycles. The molecule has 2 rings (SSSR count). The van der Waals surface area contributed by atoms with Crippen molar-refractivity contribution >= 4 is 5.97 Å². The summed E-state index contributed by atoms with van der Waals surface area (Å²) in [7, 11) is 0. The summed E-state index contributed by atoms with van der Waals surface area (Å²) in [6, 6.07) is 7.40. The monoisotopic (exact) mass is 230 g/mol. The van der Waals surface area contributed by atoms with Gasteiger partial charge in [-0.3, -0.25) is 4.98 Å². The molecule has 2 heterocycles. The Labute approximate surface area is 99.7 Å². The lowest BCUT2D eigenvalue weighted by atomic mass is 10.1. The highest BCUT2D eigenvalue weighted by atomic mass is 16.5. The minimum absolute atomic E-state index is 0.324. The second kappa shape index (κ2) is 4.82. The van der Waals surface area contributed by atoms with Gasteiger partial charge in [-0.15, -0.1) is 0 Å². The van der Waals surface area contributed by atoms with E-state index in [0.717, 1.165) is 11.4 Å². The third-order valence-electron chi connectivity index (χ3n) is 2.46. The van der Waals surface area contributed by atoms with Gasteiger partial charge < -0.3 is 9.72 Å². The number of aromatic amines is 1. The summed E-state index contributed by atoms with van der Waals surface area (Å²) >= 11 is 0. The third kappa shape index (κ3) is 2.36. The molecule has 2 aromatic heterocycles. The maximum Gasteiger partial charge on any atom is 0.339 e. The van der Waals surface area contributed by atoms with Crippen LogP contribution in [0, 0.1) is 6.92 Å². The molecule has 0 aliphatic heterocycles. The fourth-order valence-electron chi connectivity index (χ4n) is 1.63. The highest BCUT2D eigenvalue weighted by Gasteiger charge is 2.12. The first kappa shape index (κ1) is 11.4. The van der Waals surface area contributed by atoms with E-state index in [1.165, 1.54) is 0 Å². The predicted octanol–water partition coefficient (Wildman–Crippen LogP) is 2.56. The summed E-state index contributed by atoms with van der Waals surface area (Å²) in [4.78, 5) is 19.1. The second-order valence-corrected chi connectivity index (χ2v) is 3.63. The van der Waals surface area contributed by atoms with Crippen LogP contribution in [-0.2, 0) is 4.74 Å². The van der Waals surface area contributed by atoms with Gasteiger partial charge in [-0.2, -0.15) is 0 Å². The first-order valence-corrected chi connectivity index (χ1v) is 5.51. The predicted molar refractivity (Wildman–Crippen MR) is 64.7 cm³/mol. The Morgan fingerprint density at radius 3 is 2.82 bits per heavy atom. The van der Waals surface area contributed by atoms with Crippen LogP contribution < -0.4 is 0 Å². The van der Waals surface area contributed by atoms with Crippen LogP contribution in [0.4, 0.5) is 0 Å². The second-order valence-electron chi connectivity index (χ2n) is 3.63. The summed E-state index contributed by atoms with van der Waals surface area (Å²) in [6.07, 6.45) is 1.84. The van der Waals surface area contributed by atoms with Crippen LogP contribution in [0.5, 0.6) is 0 Å². The number of pyridine rings is 1. The van der Waals surface area contributed by atoms with Crippen molar-refractivity contribution in [3.63, 3.8) is 0 Å². The number of nitrogens with zero attached hydrogens (tertiary/aromatic N) is 1. The van der Waals surface area contributed by atoms with Crippen molar-refractivity contribution in [2.45, 2.75) is 13.8 Å². The summed E-state index contributed by atoms with van der Waals surface area (Å²) in [5.41, 5.74) is 2.95. The lowest BCUT2D eigenvalue weighted by Gasteiger charge is -2.06. The van der Waals surface area contributed by atoms with E-state index >= 15 is 0 Å². The molecule has 4 heteroatoms. The summed E-state index contributed by atoms with van der Waals surface area (Å²) in [5.74, 6) is -0.324. The number of aryl methyl sites for hydroxylation is 1. The molecule has 0 amide bonds. The van der Waals surface area contributed by atoms with Gasteiger partial charge in [0.1, 0.15) is 0 Å². The third-order valence-corrected chi connectivity index (χ3v) is 2.46. The molecular weight excluding hydrogens is 216 g/mol. The maximum absolute atomic E-state index is 11.6. The largest absolute Gasteiger partial charge is 0.462 e. The first-order chi connectivity index (χ1) is 8.22. The molecule has 0 fully saturated rings. The zero-order chi connectivity index (χ0) is 12.3. The quantitative estimate of drug-likeness (QED) is 0.824. The van der Waals surface area contributed by atoms with Crippen molar-refractivity contribution in [2.75, 3.05) is 6.61 Å². The molecule has 0 spiro atoms. The smallest absolute Gasteiger partial charge is 0.339 e. The van der Waals surface area contributed by atoms with Crippen LogP contribution >= 0.6 is 0 Å². The highest BCUT2D eigenvalue weighted by Crippen LogP contribution is 2.17. The average molecular weight is 230 g/mol. The van der Waals surface area contributed by atoms with Crippen LogP contribution in [0.2, 0.25) is 0 Å². The molecule has 0 unspecified atom stereocenters. The van der Waals surface area contributed by atoms with Crippen molar-refractivity contribution in [3.8, 4) is 11.4 Å². The topological polar surface area (TPSA) is 55.0 Å². The van der Waals surface area contributed by atoms with Gasteiger partial charge in [-0.1, -0.05) is 0 Å². The molecular formula is C13H14N2O2. The molecule has 0 aliphatic rings. The number of carbonyl (C=O) groups is 1. The number of hydrogen-bond acceptors (Lipinski definition) is 3. The fourth-order valence-corrected chi connectivity index (χ4v) is 1.63. The maximum atomic E-state index is 11.6. The molecule has 88 valence electrons. The standard InChI is InChI=1S/C13H14N2O2/c1-3-17-13(16)10-6-7-12(15-9(10)2)11-5-4-8-14-11/h4-8,14H,3H2,1-2H3. The van der Waals surface area contributed by atoms with Gasteiger partial charge in [0, 0.05) is 6.20 Å². The van der Waals surface area contributed by atoms with Crippen LogP contribution in [0.25, 0.3) is 11.4 Å². The Morgan fingerprint density at radius 1 is 1.41 bits per heavy atom. The molecule has 2 aromatic rings. The van der Waals surface area contributed by atoms with E-state index in [0.29, 0.717) is 17.9 Å². The number of esters is 1. The average Bonchev–Trinajstić information content (AvgIpc) is 2.82. The van der Waals surface area contributed by atoms with E-state index < -0.39 is 0 Å². The number of carbonyl (C=O) groups excluding carboxylic acids is 1. The fraction of sp³-hybridized carbons (Fsp3) is 0.231. The molecule has 0 saturated carbocycles. The van der Waals surface area contributed by atoms with Gasteiger partial charge >= 0.3 is 5.97 Å². The van der Waals surface area contributed by atoms with Gasteiger partial charge in [-0.05, 0) is 38.1 Å². The molecule has 0 radical (unpaired) electrons. The Bertz CT molecular complexity index is 518. The normalized spacial score (nSPS) is 10.2. The number of nitrogens with one attached hydrogen (secondary N) is 1. The SMILES string of the molecule is CCOC(=O)c1ccc(-c2ccc[nH]2)nc1C. The van der Waals surface area contributed by atoms with E-state index in [1.54, 1.807) is 19.9 Å². The number of rotatable bonds is 3. The van der Waals surface area contributed by atoms with E-state index in [2.05, 4.69) is 9.97 Å². The minimum Gasteiger partial charge on any atom is -0.462 e. The molecule has 1 N–H and O–H groups in total. The van der Waals surface area contributed by atoms with Gasteiger partial charge in [0.25, 0.3) is 0 Å². The molecule has 17 heavy (non-hydrogen) atoms. The number of H-pyrrole nitrogens is 1. The van der Waals surface area contributed by atoms with Gasteiger partial charge in [0.05, 0.1) is 29.3 Å². The Hall–Kier alpha value is -2.10. The summed E-state index contributed by atoms with van der Waals surface area (Å²) < 4.78 is 4.95. The number of aromatic nitrogens is 2. The molecule has 4 nitrogen and oxygen atoms in total. The summed E-state index contributed by atoms with van der Waals surface area (Å²) in [6.45, 7) is 3.96. The van der Waals surface area contributed by atoms with Gasteiger partial charge in [0.15, 0.2) is 0 Å². The van der Waals surface area contributed by atoms with Crippen molar-refractivity contribution in [2.24, 2.45) is 0 Å². The first-order valence-electron chi connectivity index (χ1n) is 5.51. The molecule has 0 bridgehead atoms. The highest BCUT2D eigenvalue weighted by molar-refractivity contribution is 5.90. The van der Waals surface area contributed by atoms with E-state index in [-0.39, 0.29) is 5.97 Å². The lowest BCUT2D eigenvalue weighted by molar-refractivity contribution is 0.0525. The van der Waals surface area contributed by atoms with E-state index in [1.807, 2.05) is 24.4 Å². The Morgan fingerprint density at radius 2 is 2.24 bits per heavy atom. The molecule has 0 saturated heterocycles. The van der Waals surface area contributed by atoms with Crippen molar-refractivity contribution in [3.05, 3.63) is 41.7 Å². The lowest BCUT2D eigenvalue weighted by Crippen LogP contribution is -2.08. The zero-order valence-electron chi connectivity index (χ0n) is 9.86. The molecule has 0 aromatic carbocycles. The zero-order valence-corrected chi connectivity index (χ0v) is 9.86. The Kier molecular flexibility index (Phi) is 3.23. The van der Waals surface area contributed by atoms with E-state index in [9.17, 15) is 4.79 Å². The number of hydrogen-bond donors (Lipinski definition) is 1. The Balaban J connectivity index is 2.32. The summed E-state index contributed by atoms with van der Waals surface area (Å²) in [5, 5.41) is 0. The van der Waals surface area contributed by atoms with Gasteiger partial charge in [-0.25, -0.2) is 4.79 Å². The van der Waals surface area contributed by atoms with Gasteiger partial charge in [0.2, 0.25) is 0 Å². The van der Waals surface area contributed by atoms with Crippen LogP contribution in [0.1, 0.15) is 23.0 Å². The van der Waals surface area contributed by atoms with Crippen LogP contribution in [-0.4, -0.2) is 22.5 Å². The van der Waals surface area contributed by atoms with Crippen LogP contribution in [0.3, 0.4) is 0 Å². The van der Waals surface area contributed by atoms with Crippen molar-refractivity contribution < 1.29 is 9.53 Å².